The second kappa shape index (κ2) is 7.98. The molecule has 0 spiro atoms. The maximum absolute atomic E-state index is 12.7. The van der Waals surface area contributed by atoms with E-state index in [0.717, 1.165) is 25.7 Å². The van der Waals surface area contributed by atoms with Gasteiger partial charge in [0, 0.05) is 17.5 Å². The smallest absolute Gasteiger partial charge is 0.299 e. The molecule has 1 aromatic carbocycles. The maximum Gasteiger partial charge on any atom is 0.299 e. The molecule has 0 unspecified atom stereocenters. The van der Waals surface area contributed by atoms with Crippen LogP contribution in [0.15, 0.2) is 18.2 Å². The molecule has 1 saturated carbocycles. The molecule has 1 aliphatic carbocycles. The van der Waals surface area contributed by atoms with Crippen LogP contribution in [-0.2, 0) is 10.2 Å². The van der Waals surface area contributed by atoms with E-state index in [1.54, 1.807) is 32.0 Å². The summed E-state index contributed by atoms with van der Waals surface area (Å²) in [5.41, 5.74) is 0.789. The van der Waals surface area contributed by atoms with Gasteiger partial charge in [0.05, 0.1) is 12.8 Å². The Balaban J connectivity index is 2.25. The van der Waals surface area contributed by atoms with E-state index in [2.05, 4.69) is 9.44 Å². The lowest BCUT2D eigenvalue weighted by Gasteiger charge is -2.21. The number of Topliss-reactive ketones (excluding diaryl/α,β-unsaturated/α-hetero) is 1. The van der Waals surface area contributed by atoms with Crippen molar-refractivity contribution in [1.29, 1.82) is 0 Å². The summed E-state index contributed by atoms with van der Waals surface area (Å²) in [4.78, 5) is 12.7. The van der Waals surface area contributed by atoms with Crippen LogP contribution in [0.25, 0.3) is 0 Å². The van der Waals surface area contributed by atoms with Gasteiger partial charge >= 0.3 is 0 Å². The molecule has 0 amide bonds. The molecule has 7 heteroatoms. The van der Waals surface area contributed by atoms with Gasteiger partial charge in [0.1, 0.15) is 5.75 Å². The third-order valence-electron chi connectivity index (χ3n) is 4.10. The lowest BCUT2D eigenvalue weighted by molar-refractivity contribution is 0.0889. The highest BCUT2D eigenvalue weighted by Crippen LogP contribution is 2.31. The average Bonchev–Trinajstić information content (AvgIpc) is 2.53. The van der Waals surface area contributed by atoms with Crippen molar-refractivity contribution in [2.75, 3.05) is 11.8 Å². The SMILES string of the molecule is COc1ccc(C(=O)C2CCCCC2)cc1NS(=O)(=O)NC(C)C. The predicted octanol–water partition coefficient (Wildman–Crippen LogP) is 3.11. The number of methoxy groups -OCH3 is 1. The predicted molar refractivity (Wildman–Crippen MR) is 94.7 cm³/mol. The van der Waals surface area contributed by atoms with Crippen LogP contribution in [0.2, 0.25) is 0 Å². The Labute approximate surface area is 144 Å². The monoisotopic (exact) mass is 354 g/mol. The van der Waals surface area contributed by atoms with Crippen LogP contribution in [-0.4, -0.2) is 27.4 Å². The topological polar surface area (TPSA) is 84.5 Å². The third kappa shape index (κ3) is 4.95. The summed E-state index contributed by atoms with van der Waals surface area (Å²) >= 11 is 0. The summed E-state index contributed by atoms with van der Waals surface area (Å²) in [5, 5.41) is 0. The van der Waals surface area contributed by atoms with E-state index in [4.69, 9.17) is 4.74 Å². The van der Waals surface area contributed by atoms with Crippen LogP contribution in [0.3, 0.4) is 0 Å². The third-order valence-corrected chi connectivity index (χ3v) is 5.37. The number of hydrogen-bond acceptors (Lipinski definition) is 4. The molecule has 0 heterocycles. The van der Waals surface area contributed by atoms with Crippen molar-refractivity contribution in [3.63, 3.8) is 0 Å². The lowest BCUT2D eigenvalue weighted by Crippen LogP contribution is -2.35. The molecule has 2 N–H and O–H groups in total. The van der Waals surface area contributed by atoms with Crippen LogP contribution in [0.5, 0.6) is 5.75 Å². The minimum atomic E-state index is -3.73. The summed E-state index contributed by atoms with van der Waals surface area (Å²) in [6.45, 7) is 3.47. The summed E-state index contributed by atoms with van der Waals surface area (Å²) < 4.78 is 34.3. The van der Waals surface area contributed by atoms with E-state index in [0.29, 0.717) is 11.3 Å². The van der Waals surface area contributed by atoms with E-state index in [1.165, 1.54) is 13.5 Å². The van der Waals surface area contributed by atoms with Crippen molar-refractivity contribution in [2.45, 2.75) is 52.0 Å². The molecule has 0 bridgehead atoms. The van der Waals surface area contributed by atoms with Gasteiger partial charge in [0.2, 0.25) is 0 Å². The fourth-order valence-corrected chi connectivity index (χ4v) is 4.15. The Morgan fingerprint density at radius 2 is 1.88 bits per heavy atom. The van der Waals surface area contributed by atoms with Crippen molar-refractivity contribution in [3.8, 4) is 5.75 Å². The number of nitrogens with one attached hydrogen (secondary N) is 2. The molecule has 1 aliphatic rings. The molecule has 1 fully saturated rings. The van der Waals surface area contributed by atoms with Gasteiger partial charge in [-0.1, -0.05) is 19.3 Å². The number of carbonyl (C=O) groups excluding carboxylic acids is 1. The standard InChI is InChI=1S/C17H26N2O4S/c1-12(2)18-24(21,22)19-15-11-14(9-10-16(15)23-3)17(20)13-7-5-4-6-8-13/h9-13,18-19H,4-8H2,1-3H3. The molecule has 0 atom stereocenters. The molecular formula is C17H26N2O4S. The molecular weight excluding hydrogens is 328 g/mol. The number of ether oxygens (including phenoxy) is 1. The first-order valence-corrected chi connectivity index (χ1v) is 9.83. The highest BCUT2D eigenvalue weighted by Gasteiger charge is 2.24. The Morgan fingerprint density at radius 1 is 1.21 bits per heavy atom. The Kier molecular flexibility index (Phi) is 6.23. The molecule has 24 heavy (non-hydrogen) atoms. The van der Waals surface area contributed by atoms with Crippen molar-refractivity contribution >= 4 is 21.7 Å². The van der Waals surface area contributed by atoms with Gasteiger partial charge in [-0.2, -0.15) is 13.1 Å². The highest BCUT2D eigenvalue weighted by molar-refractivity contribution is 7.90. The first-order chi connectivity index (χ1) is 11.3. The van der Waals surface area contributed by atoms with Crippen LogP contribution >= 0.6 is 0 Å². The molecule has 6 nitrogen and oxygen atoms in total. The molecule has 0 aliphatic heterocycles. The number of ketones is 1. The molecule has 1 aromatic rings. The van der Waals surface area contributed by atoms with Crippen molar-refractivity contribution < 1.29 is 17.9 Å². The minimum Gasteiger partial charge on any atom is -0.495 e. The average molecular weight is 354 g/mol. The first kappa shape index (κ1) is 18.7. The zero-order valence-electron chi connectivity index (χ0n) is 14.5. The maximum atomic E-state index is 12.7. The quantitative estimate of drug-likeness (QED) is 0.737. The van der Waals surface area contributed by atoms with Crippen molar-refractivity contribution in [2.24, 2.45) is 5.92 Å². The Bertz CT molecular complexity index is 680. The number of anilines is 1. The molecule has 0 aromatic heterocycles. The summed E-state index contributed by atoms with van der Waals surface area (Å²) in [7, 11) is -2.26. The van der Waals surface area contributed by atoms with E-state index < -0.39 is 10.2 Å². The zero-order chi connectivity index (χ0) is 17.7. The van der Waals surface area contributed by atoms with Crippen LogP contribution in [0, 0.1) is 5.92 Å². The second-order valence-electron chi connectivity index (χ2n) is 6.49. The van der Waals surface area contributed by atoms with Gasteiger partial charge in [-0.3, -0.25) is 9.52 Å². The number of benzene rings is 1. The largest absolute Gasteiger partial charge is 0.495 e. The van der Waals surface area contributed by atoms with Gasteiger partial charge < -0.3 is 4.74 Å². The fraction of sp³-hybridized carbons (Fsp3) is 0.588. The van der Waals surface area contributed by atoms with Crippen LogP contribution in [0.4, 0.5) is 5.69 Å². The Hall–Kier alpha value is -1.60. The van der Waals surface area contributed by atoms with E-state index >= 15 is 0 Å². The van der Waals surface area contributed by atoms with E-state index in [-0.39, 0.29) is 23.4 Å². The van der Waals surface area contributed by atoms with Gasteiger partial charge in [0.25, 0.3) is 10.2 Å². The summed E-state index contributed by atoms with van der Waals surface area (Å²) in [5.74, 6) is 0.490. The molecule has 2 rings (SSSR count). The fourth-order valence-electron chi connectivity index (χ4n) is 3.03. The first-order valence-electron chi connectivity index (χ1n) is 8.34. The lowest BCUT2D eigenvalue weighted by atomic mass is 9.84. The van der Waals surface area contributed by atoms with Gasteiger partial charge in [0.15, 0.2) is 5.78 Å². The summed E-state index contributed by atoms with van der Waals surface area (Å²) in [6, 6.07) is 4.66. The highest BCUT2D eigenvalue weighted by atomic mass is 32.2. The van der Waals surface area contributed by atoms with Gasteiger partial charge in [-0.05, 0) is 44.9 Å². The molecule has 0 radical (unpaired) electrons. The van der Waals surface area contributed by atoms with Crippen molar-refractivity contribution in [1.82, 2.24) is 4.72 Å². The van der Waals surface area contributed by atoms with Crippen molar-refractivity contribution in [3.05, 3.63) is 23.8 Å². The second-order valence-corrected chi connectivity index (χ2v) is 7.94. The zero-order valence-corrected chi connectivity index (χ0v) is 15.3. The van der Waals surface area contributed by atoms with E-state index in [9.17, 15) is 13.2 Å². The summed E-state index contributed by atoms with van der Waals surface area (Å²) in [6.07, 6.45) is 5.13. The van der Waals surface area contributed by atoms with Crippen LogP contribution < -0.4 is 14.2 Å². The Morgan fingerprint density at radius 3 is 2.46 bits per heavy atom. The minimum absolute atomic E-state index is 0.0328. The normalized spacial score (nSPS) is 16.2. The van der Waals surface area contributed by atoms with Gasteiger partial charge in [-0.15, -0.1) is 0 Å². The van der Waals surface area contributed by atoms with Crippen LogP contribution in [0.1, 0.15) is 56.3 Å². The van der Waals surface area contributed by atoms with E-state index in [1.807, 2.05) is 0 Å². The number of carbonyl (C=O) groups is 1. The van der Waals surface area contributed by atoms with Gasteiger partial charge in [-0.25, -0.2) is 0 Å². The number of rotatable bonds is 7. The number of hydrogen-bond donors (Lipinski definition) is 2. The molecule has 134 valence electrons. The molecule has 0 saturated heterocycles.